The van der Waals surface area contributed by atoms with E-state index in [4.69, 9.17) is 4.74 Å². The Balaban J connectivity index is 1.29. The summed E-state index contributed by atoms with van der Waals surface area (Å²) in [5.41, 5.74) is -3.56. The Kier molecular flexibility index (Phi) is 5.33. The molecule has 0 aromatic heterocycles. The Labute approximate surface area is 161 Å². The van der Waals surface area contributed by atoms with Crippen LogP contribution in [0.25, 0.3) is 0 Å². The summed E-state index contributed by atoms with van der Waals surface area (Å²) in [6, 6.07) is 0. The van der Waals surface area contributed by atoms with Gasteiger partial charge in [0.1, 0.15) is 11.2 Å². The van der Waals surface area contributed by atoms with E-state index in [2.05, 4.69) is 6.92 Å². The number of alkyl halides is 3. The fourth-order valence-corrected chi connectivity index (χ4v) is 6.34. The Morgan fingerprint density at radius 1 is 0.852 bits per heavy atom. The largest absolute Gasteiger partial charge is 0.387 e. The lowest BCUT2D eigenvalue weighted by molar-refractivity contribution is -0.328. The van der Waals surface area contributed by atoms with Crippen LogP contribution < -0.4 is 0 Å². The van der Waals surface area contributed by atoms with Crippen molar-refractivity contribution in [3.63, 3.8) is 0 Å². The van der Waals surface area contributed by atoms with E-state index in [1.54, 1.807) is 0 Å². The number of halogens is 3. The SMILES string of the molecule is CC1CCC(C2CCC(COC34CCC(O)(CC3)C(F)C4(F)F)CC2)CC1. The predicted molar refractivity (Wildman–Crippen MR) is 98.5 cm³/mol. The van der Waals surface area contributed by atoms with Gasteiger partial charge in [0.2, 0.25) is 0 Å². The second-order valence-electron chi connectivity index (χ2n) is 10.2. The van der Waals surface area contributed by atoms with E-state index in [1.165, 1.54) is 38.5 Å². The molecule has 5 heteroatoms. The van der Waals surface area contributed by atoms with Crippen LogP contribution in [0.4, 0.5) is 13.2 Å². The molecule has 0 aromatic rings. The first-order valence-electron chi connectivity index (χ1n) is 11.1. The van der Waals surface area contributed by atoms with Crippen molar-refractivity contribution in [2.45, 2.75) is 107 Å². The van der Waals surface area contributed by atoms with E-state index in [0.717, 1.165) is 30.6 Å². The first-order valence-corrected chi connectivity index (χ1v) is 11.1. The second kappa shape index (κ2) is 7.19. The summed E-state index contributed by atoms with van der Waals surface area (Å²) in [5.74, 6) is -0.756. The van der Waals surface area contributed by atoms with Gasteiger partial charge in [0.15, 0.2) is 6.17 Å². The van der Waals surface area contributed by atoms with Gasteiger partial charge >= 0.3 is 5.92 Å². The number of aliphatic hydroxyl groups is 1. The third kappa shape index (κ3) is 3.45. The average Bonchev–Trinajstić information content (AvgIpc) is 2.67. The van der Waals surface area contributed by atoms with Gasteiger partial charge in [0.25, 0.3) is 0 Å². The highest BCUT2D eigenvalue weighted by molar-refractivity contribution is 5.16. The molecule has 0 aliphatic heterocycles. The van der Waals surface area contributed by atoms with Crippen LogP contribution in [0.15, 0.2) is 0 Å². The molecule has 0 amide bonds. The van der Waals surface area contributed by atoms with E-state index in [9.17, 15) is 18.3 Å². The Hall–Kier alpha value is -0.290. The summed E-state index contributed by atoms with van der Waals surface area (Å²) in [7, 11) is 0. The minimum absolute atomic E-state index is 0.0620. The number of hydrogen-bond acceptors (Lipinski definition) is 2. The molecule has 0 radical (unpaired) electrons. The minimum atomic E-state index is -3.59. The van der Waals surface area contributed by atoms with E-state index in [-0.39, 0.29) is 25.7 Å². The van der Waals surface area contributed by atoms with Gasteiger partial charge in [-0.15, -0.1) is 0 Å². The smallest absolute Gasteiger partial charge is 0.309 e. The van der Waals surface area contributed by atoms with Crippen molar-refractivity contribution >= 4 is 0 Å². The molecular formula is C22H35F3O2. The molecule has 5 aliphatic carbocycles. The van der Waals surface area contributed by atoms with Gasteiger partial charge in [-0.2, -0.15) is 0 Å². The topological polar surface area (TPSA) is 29.5 Å². The van der Waals surface area contributed by atoms with Crippen molar-refractivity contribution in [3.05, 3.63) is 0 Å². The van der Waals surface area contributed by atoms with Crippen LogP contribution >= 0.6 is 0 Å². The Morgan fingerprint density at radius 3 is 1.93 bits per heavy atom. The summed E-state index contributed by atoms with van der Waals surface area (Å²) >= 11 is 0. The number of fused-ring (bicyclic) bond motifs is 3. The lowest BCUT2D eigenvalue weighted by atomic mass is 9.61. The number of hydrogen-bond donors (Lipinski definition) is 1. The molecule has 0 saturated heterocycles. The molecule has 2 nitrogen and oxygen atoms in total. The van der Waals surface area contributed by atoms with Crippen LogP contribution in [0.5, 0.6) is 0 Å². The van der Waals surface area contributed by atoms with E-state index in [0.29, 0.717) is 12.5 Å². The quantitative estimate of drug-likeness (QED) is 0.673. The maximum Gasteiger partial charge on any atom is 0.309 e. The molecule has 1 atom stereocenters. The molecule has 0 aromatic carbocycles. The number of ether oxygens (including phenoxy) is 1. The van der Waals surface area contributed by atoms with Crippen molar-refractivity contribution < 1.29 is 23.0 Å². The van der Waals surface area contributed by atoms with E-state index >= 15 is 0 Å². The van der Waals surface area contributed by atoms with Gasteiger partial charge in [0, 0.05) is 0 Å². The van der Waals surface area contributed by atoms with Crippen LogP contribution in [-0.4, -0.2) is 35.0 Å². The minimum Gasteiger partial charge on any atom is -0.387 e. The van der Waals surface area contributed by atoms with Gasteiger partial charge in [0.05, 0.1) is 6.61 Å². The summed E-state index contributed by atoms with van der Waals surface area (Å²) in [5, 5.41) is 10.1. The summed E-state index contributed by atoms with van der Waals surface area (Å²) < 4.78 is 49.3. The van der Waals surface area contributed by atoms with E-state index < -0.39 is 23.3 Å². The molecule has 5 aliphatic rings. The second-order valence-corrected chi connectivity index (χ2v) is 10.2. The normalized spacial score (nSPS) is 49.9. The van der Waals surface area contributed by atoms with Crippen molar-refractivity contribution in [1.29, 1.82) is 0 Å². The van der Waals surface area contributed by atoms with Gasteiger partial charge in [-0.1, -0.05) is 19.8 Å². The molecule has 2 bridgehead atoms. The average molecular weight is 389 g/mol. The van der Waals surface area contributed by atoms with Gasteiger partial charge < -0.3 is 9.84 Å². The zero-order valence-electron chi connectivity index (χ0n) is 16.6. The van der Waals surface area contributed by atoms with Crippen molar-refractivity contribution in [2.75, 3.05) is 6.61 Å². The third-order valence-corrected chi connectivity index (χ3v) is 8.53. The first-order chi connectivity index (χ1) is 12.8. The van der Waals surface area contributed by atoms with Crippen molar-refractivity contribution in [2.24, 2.45) is 23.7 Å². The highest BCUT2D eigenvalue weighted by atomic mass is 19.3. The lowest BCUT2D eigenvalue weighted by Crippen LogP contribution is -2.71. The van der Waals surface area contributed by atoms with Gasteiger partial charge in [-0.05, 0) is 87.9 Å². The van der Waals surface area contributed by atoms with Crippen LogP contribution in [-0.2, 0) is 4.74 Å². The summed E-state index contributed by atoms with van der Waals surface area (Å²) in [4.78, 5) is 0. The molecule has 5 saturated carbocycles. The molecular weight excluding hydrogens is 353 g/mol. The summed E-state index contributed by atoms with van der Waals surface area (Å²) in [6.45, 7) is 2.66. The van der Waals surface area contributed by atoms with Crippen LogP contribution in [0.1, 0.15) is 84.0 Å². The zero-order valence-corrected chi connectivity index (χ0v) is 16.6. The first kappa shape index (κ1) is 20.0. The van der Waals surface area contributed by atoms with Crippen LogP contribution in [0.3, 0.4) is 0 Å². The molecule has 156 valence electrons. The zero-order chi connectivity index (χ0) is 19.3. The maximum atomic E-state index is 14.6. The fraction of sp³-hybridized carbons (Fsp3) is 1.00. The highest BCUT2D eigenvalue weighted by Crippen LogP contribution is 2.58. The van der Waals surface area contributed by atoms with Gasteiger partial charge in [-0.3, -0.25) is 0 Å². The van der Waals surface area contributed by atoms with E-state index in [1.807, 2.05) is 0 Å². The molecule has 1 N–H and O–H groups in total. The maximum absolute atomic E-state index is 14.6. The Morgan fingerprint density at radius 2 is 1.37 bits per heavy atom. The van der Waals surface area contributed by atoms with Crippen molar-refractivity contribution in [1.82, 2.24) is 0 Å². The van der Waals surface area contributed by atoms with Crippen LogP contribution in [0.2, 0.25) is 0 Å². The van der Waals surface area contributed by atoms with Crippen LogP contribution in [0, 0.1) is 23.7 Å². The molecule has 1 unspecified atom stereocenters. The molecule has 0 heterocycles. The Bertz CT molecular complexity index is 514. The fourth-order valence-electron chi connectivity index (χ4n) is 6.34. The molecule has 5 fully saturated rings. The molecule has 27 heavy (non-hydrogen) atoms. The summed E-state index contributed by atoms with van der Waals surface area (Å²) in [6.07, 6.45) is 7.63. The monoisotopic (exact) mass is 388 g/mol. The molecule has 0 spiro atoms. The predicted octanol–water partition coefficient (Wildman–Crippen LogP) is 5.67. The molecule has 5 rings (SSSR count). The lowest BCUT2D eigenvalue weighted by Gasteiger charge is -2.56. The van der Waals surface area contributed by atoms with Crippen molar-refractivity contribution in [3.8, 4) is 0 Å². The standard InChI is InChI=1S/C22H35F3O2/c1-15-2-6-17(7-3-15)18-8-4-16(5-9-18)14-27-21-12-10-20(26,11-13-21)19(23)22(21,24)25/h15-19,26H,2-14H2,1H3. The number of rotatable bonds is 4. The highest BCUT2D eigenvalue weighted by Gasteiger charge is 2.72. The third-order valence-electron chi connectivity index (χ3n) is 8.53. The van der Waals surface area contributed by atoms with Gasteiger partial charge in [-0.25, -0.2) is 13.2 Å².